The summed E-state index contributed by atoms with van der Waals surface area (Å²) in [5.41, 5.74) is 2.73. The Labute approximate surface area is 210 Å². The van der Waals surface area contributed by atoms with E-state index in [0.29, 0.717) is 25.5 Å². The molecule has 0 saturated carbocycles. The van der Waals surface area contributed by atoms with Crippen molar-refractivity contribution >= 4 is 30.8 Å². The molecule has 2 N–H and O–H groups in total. The number of ether oxygens (including phenoxy) is 1. The number of hydrogen-bond acceptors (Lipinski definition) is 5. The minimum absolute atomic E-state index is 0. The van der Waals surface area contributed by atoms with Crippen molar-refractivity contribution in [1.29, 1.82) is 0 Å². The molecule has 1 saturated heterocycles. The van der Waals surface area contributed by atoms with E-state index in [1.807, 2.05) is 19.1 Å². The van der Waals surface area contributed by atoms with Crippen molar-refractivity contribution in [3.05, 3.63) is 64.1 Å². The maximum absolute atomic E-state index is 12.2. The summed E-state index contributed by atoms with van der Waals surface area (Å²) in [5, 5.41) is 3.19. The van der Waals surface area contributed by atoms with Crippen molar-refractivity contribution in [2.24, 2.45) is 5.92 Å². The monoisotopic (exact) mass is 496 g/mol. The number of halogens is 2. The first-order valence-corrected chi connectivity index (χ1v) is 11.4. The zero-order chi connectivity index (χ0) is 22.1. The van der Waals surface area contributed by atoms with E-state index >= 15 is 0 Å². The first-order valence-electron chi connectivity index (χ1n) is 11.4. The normalized spacial score (nSPS) is 15.8. The third-order valence-corrected chi connectivity index (χ3v) is 5.76. The fraction of sp³-hybridized carbons (Fsp3) is 0.520. The van der Waals surface area contributed by atoms with Gasteiger partial charge in [0.25, 0.3) is 5.56 Å². The summed E-state index contributed by atoms with van der Waals surface area (Å²) in [4.78, 5) is 22.0. The van der Waals surface area contributed by atoms with Gasteiger partial charge in [-0.3, -0.25) is 9.69 Å². The minimum Gasteiger partial charge on any atom is -0.494 e. The van der Waals surface area contributed by atoms with Crippen LogP contribution in [0.1, 0.15) is 49.4 Å². The summed E-state index contributed by atoms with van der Waals surface area (Å²) < 4.78 is 5.95. The zero-order valence-electron chi connectivity index (χ0n) is 19.8. The first kappa shape index (κ1) is 29.0. The quantitative estimate of drug-likeness (QED) is 0.332. The summed E-state index contributed by atoms with van der Waals surface area (Å²) in [5.74, 6) is 2.22. The number of nitrogens with zero attached hydrogens (tertiary/aromatic N) is 2. The number of hydrogen-bond donors (Lipinski definition) is 2. The van der Waals surface area contributed by atoms with Crippen LogP contribution >= 0.6 is 24.8 Å². The zero-order valence-corrected chi connectivity index (χ0v) is 21.4. The molecule has 2 heterocycles. The third kappa shape index (κ3) is 9.40. The maximum Gasteiger partial charge on any atom is 0.277 e. The Balaban J connectivity index is 0.00000272. The van der Waals surface area contributed by atoms with Crippen LogP contribution in [0.25, 0.3) is 0 Å². The molecule has 3 rings (SSSR count). The highest BCUT2D eigenvalue weighted by Crippen LogP contribution is 2.20. The van der Waals surface area contributed by atoms with Crippen LogP contribution < -0.4 is 15.6 Å². The van der Waals surface area contributed by atoms with E-state index in [1.54, 1.807) is 0 Å². The number of aryl methyl sites for hydroxylation is 1. The van der Waals surface area contributed by atoms with E-state index in [1.165, 1.54) is 31.5 Å². The molecule has 0 radical (unpaired) electrons. The molecule has 1 atom stereocenters. The number of aromatic nitrogens is 2. The summed E-state index contributed by atoms with van der Waals surface area (Å²) in [6.45, 7) is 12.6. The molecule has 1 unspecified atom stereocenters. The van der Waals surface area contributed by atoms with Crippen LogP contribution in [0.3, 0.4) is 0 Å². The number of nitrogens with one attached hydrogen (secondary N) is 2. The highest BCUT2D eigenvalue weighted by Gasteiger charge is 2.16. The van der Waals surface area contributed by atoms with E-state index in [2.05, 4.69) is 51.9 Å². The van der Waals surface area contributed by atoms with Crippen LogP contribution in [0.5, 0.6) is 5.75 Å². The molecule has 0 aliphatic carbocycles. The molecular formula is C25H38Cl2N4O2. The van der Waals surface area contributed by atoms with Crippen LogP contribution in [0.15, 0.2) is 41.7 Å². The van der Waals surface area contributed by atoms with Gasteiger partial charge in [0, 0.05) is 30.9 Å². The summed E-state index contributed by atoms with van der Waals surface area (Å²) in [6.07, 6.45) is 6.71. The molecule has 1 aromatic heterocycles. The molecule has 8 heteroatoms. The molecular weight excluding hydrogens is 459 g/mol. The number of H-pyrrole nitrogens is 1. The Bertz CT molecular complexity index is 920. The molecule has 1 fully saturated rings. The van der Waals surface area contributed by atoms with Crippen LogP contribution in [-0.2, 0) is 13.0 Å². The van der Waals surface area contributed by atoms with Gasteiger partial charge in [-0.15, -0.1) is 31.4 Å². The van der Waals surface area contributed by atoms with E-state index in [0.717, 1.165) is 42.3 Å². The second-order valence-electron chi connectivity index (χ2n) is 8.58. The lowest BCUT2D eigenvalue weighted by Crippen LogP contribution is -2.33. The number of likely N-dealkylation sites (tertiary alicyclic amines) is 1. The SMILES string of the molecule is C=CCCc1c(C)[nH]c(NCCCOc2cccc(CN3CCCC(C)C3)c2)nc1=O.Cl.Cl. The molecule has 0 spiro atoms. The predicted molar refractivity (Wildman–Crippen MR) is 141 cm³/mol. The number of benzene rings is 1. The standard InChI is InChI=1S/C25H36N4O2.2ClH/c1-4-5-12-23-20(3)27-25(28-24(23)30)26-13-8-15-31-22-11-6-10-21(16-22)18-29-14-7-9-19(2)17-29;;/h4,6,10-11,16,19H,1,5,7-9,12-15,17-18H2,2-3H3,(H2,26,27,28,30);2*1H. The number of aromatic amines is 1. The van der Waals surface area contributed by atoms with Crippen molar-refractivity contribution in [2.75, 3.05) is 31.6 Å². The molecule has 0 bridgehead atoms. The van der Waals surface area contributed by atoms with E-state index in [4.69, 9.17) is 4.74 Å². The average Bonchev–Trinajstić information content (AvgIpc) is 2.73. The fourth-order valence-electron chi connectivity index (χ4n) is 4.13. The van der Waals surface area contributed by atoms with Crippen molar-refractivity contribution in [1.82, 2.24) is 14.9 Å². The molecule has 1 aromatic carbocycles. The Kier molecular flexibility index (Phi) is 13.2. The highest BCUT2D eigenvalue weighted by molar-refractivity contribution is 5.85. The second kappa shape index (κ2) is 15.0. The predicted octanol–water partition coefficient (Wildman–Crippen LogP) is 5.15. The van der Waals surface area contributed by atoms with E-state index in [-0.39, 0.29) is 30.4 Å². The van der Waals surface area contributed by atoms with E-state index < -0.39 is 0 Å². The van der Waals surface area contributed by atoms with Gasteiger partial charge in [-0.25, -0.2) is 0 Å². The Morgan fingerprint density at radius 3 is 2.91 bits per heavy atom. The van der Waals surface area contributed by atoms with Crippen LogP contribution in [0.2, 0.25) is 0 Å². The molecule has 33 heavy (non-hydrogen) atoms. The Hall–Kier alpha value is -2.02. The number of allylic oxidation sites excluding steroid dienone is 1. The smallest absolute Gasteiger partial charge is 0.277 e. The third-order valence-electron chi connectivity index (χ3n) is 5.76. The summed E-state index contributed by atoms with van der Waals surface area (Å²) in [7, 11) is 0. The van der Waals surface area contributed by atoms with Gasteiger partial charge in [0.1, 0.15) is 5.75 Å². The van der Waals surface area contributed by atoms with Crippen LogP contribution in [0.4, 0.5) is 5.95 Å². The number of rotatable bonds is 11. The van der Waals surface area contributed by atoms with Crippen molar-refractivity contribution in [3.8, 4) is 5.75 Å². The number of piperidine rings is 1. The lowest BCUT2D eigenvalue weighted by atomic mass is 10.00. The van der Waals surface area contributed by atoms with Crippen molar-refractivity contribution in [3.63, 3.8) is 0 Å². The van der Waals surface area contributed by atoms with Gasteiger partial charge >= 0.3 is 0 Å². The largest absolute Gasteiger partial charge is 0.494 e. The second-order valence-corrected chi connectivity index (χ2v) is 8.58. The molecule has 1 aliphatic rings. The highest BCUT2D eigenvalue weighted by atomic mass is 35.5. The first-order chi connectivity index (χ1) is 15.0. The minimum atomic E-state index is -0.170. The summed E-state index contributed by atoms with van der Waals surface area (Å²) >= 11 is 0. The Morgan fingerprint density at radius 1 is 1.36 bits per heavy atom. The van der Waals surface area contributed by atoms with Crippen LogP contribution in [0, 0.1) is 12.8 Å². The lowest BCUT2D eigenvalue weighted by Gasteiger charge is -2.30. The topological polar surface area (TPSA) is 70.2 Å². The van der Waals surface area contributed by atoms with Gasteiger partial charge in [0.15, 0.2) is 0 Å². The van der Waals surface area contributed by atoms with Gasteiger partial charge in [0.05, 0.1) is 6.61 Å². The van der Waals surface area contributed by atoms with Crippen molar-refractivity contribution in [2.45, 2.75) is 52.5 Å². The van der Waals surface area contributed by atoms with Gasteiger partial charge in [-0.1, -0.05) is 25.1 Å². The molecule has 0 amide bonds. The fourth-order valence-corrected chi connectivity index (χ4v) is 4.13. The van der Waals surface area contributed by atoms with E-state index in [9.17, 15) is 4.79 Å². The molecule has 184 valence electrons. The van der Waals surface area contributed by atoms with Crippen LogP contribution in [-0.4, -0.2) is 41.1 Å². The number of anilines is 1. The van der Waals surface area contributed by atoms with Gasteiger partial charge in [0.2, 0.25) is 5.95 Å². The lowest BCUT2D eigenvalue weighted by molar-refractivity contribution is 0.176. The molecule has 1 aliphatic heterocycles. The van der Waals surface area contributed by atoms with Gasteiger partial charge < -0.3 is 15.0 Å². The van der Waals surface area contributed by atoms with Gasteiger partial charge in [-0.2, -0.15) is 4.98 Å². The van der Waals surface area contributed by atoms with Gasteiger partial charge in [-0.05, 0) is 69.2 Å². The maximum atomic E-state index is 12.2. The van der Waals surface area contributed by atoms with Crippen molar-refractivity contribution < 1.29 is 4.74 Å². The molecule has 6 nitrogen and oxygen atoms in total. The summed E-state index contributed by atoms with van der Waals surface area (Å²) in [6, 6.07) is 8.41. The Morgan fingerprint density at radius 2 is 2.18 bits per heavy atom. The average molecular weight is 498 g/mol. The molecule has 2 aromatic rings.